The highest BCUT2D eigenvalue weighted by atomic mass is 15.3. The molecule has 0 spiro atoms. The summed E-state index contributed by atoms with van der Waals surface area (Å²) in [5, 5.41) is 7.67. The van der Waals surface area contributed by atoms with Gasteiger partial charge in [-0.3, -0.25) is 9.97 Å². The Kier molecular flexibility index (Phi) is 3.82. The minimum atomic E-state index is 0.608. The largest absolute Gasteiger partial charge is 0.363 e. The monoisotopic (exact) mass is 294 g/mol. The Morgan fingerprint density at radius 1 is 1.05 bits per heavy atom. The van der Waals surface area contributed by atoms with Crippen LogP contribution >= 0.6 is 0 Å². The Labute approximate surface area is 129 Å². The lowest BCUT2D eigenvalue weighted by Crippen LogP contribution is -2.08. The van der Waals surface area contributed by atoms with E-state index in [1.54, 1.807) is 17.1 Å². The molecule has 22 heavy (non-hydrogen) atoms. The van der Waals surface area contributed by atoms with Crippen molar-refractivity contribution in [2.45, 2.75) is 27.3 Å². The van der Waals surface area contributed by atoms with Crippen LogP contribution in [0, 0.1) is 20.8 Å². The van der Waals surface area contributed by atoms with Gasteiger partial charge in [0.15, 0.2) is 5.82 Å². The van der Waals surface area contributed by atoms with Crippen molar-refractivity contribution < 1.29 is 0 Å². The maximum atomic E-state index is 4.55. The number of nitrogens with one attached hydrogen (secondary N) is 1. The van der Waals surface area contributed by atoms with Crippen LogP contribution in [0.25, 0.3) is 5.82 Å². The molecule has 1 N–H and O–H groups in total. The number of hydrogen-bond acceptors (Lipinski definition) is 5. The standard InChI is InChI=1S/C16H18N6/c1-11-5-4-6-14(19-11)8-18-15-9-17-10-16(20-15)22-13(3)7-12(2)21-22/h4-7,9-10H,8H2,1-3H3,(H,18,20). The predicted molar refractivity (Wildman–Crippen MR) is 84.9 cm³/mol. The first kappa shape index (κ1) is 14.2. The Hall–Kier alpha value is -2.76. The van der Waals surface area contributed by atoms with Crippen molar-refractivity contribution in [3.8, 4) is 5.82 Å². The van der Waals surface area contributed by atoms with Crippen LogP contribution in [0.4, 0.5) is 5.82 Å². The maximum absolute atomic E-state index is 4.55. The molecular weight excluding hydrogens is 276 g/mol. The van der Waals surface area contributed by atoms with Crippen LogP contribution in [0.3, 0.4) is 0 Å². The highest BCUT2D eigenvalue weighted by Gasteiger charge is 2.06. The molecule has 0 amide bonds. The molecule has 6 nitrogen and oxygen atoms in total. The van der Waals surface area contributed by atoms with Gasteiger partial charge in [0.25, 0.3) is 0 Å². The van der Waals surface area contributed by atoms with Crippen LogP contribution in [0.2, 0.25) is 0 Å². The number of hydrogen-bond donors (Lipinski definition) is 1. The summed E-state index contributed by atoms with van der Waals surface area (Å²) >= 11 is 0. The number of pyridine rings is 1. The lowest BCUT2D eigenvalue weighted by Gasteiger charge is -2.08. The molecular formula is C16H18N6. The SMILES string of the molecule is Cc1cccc(CNc2cncc(-n3nc(C)cc3C)n2)n1. The van der Waals surface area contributed by atoms with Crippen molar-refractivity contribution in [1.29, 1.82) is 0 Å². The zero-order chi connectivity index (χ0) is 15.5. The molecule has 3 aromatic heterocycles. The van der Waals surface area contributed by atoms with Gasteiger partial charge in [-0.05, 0) is 39.0 Å². The van der Waals surface area contributed by atoms with Gasteiger partial charge in [-0.15, -0.1) is 0 Å². The van der Waals surface area contributed by atoms with Crippen molar-refractivity contribution >= 4 is 5.82 Å². The maximum Gasteiger partial charge on any atom is 0.174 e. The van der Waals surface area contributed by atoms with E-state index >= 15 is 0 Å². The lowest BCUT2D eigenvalue weighted by atomic mass is 10.3. The summed E-state index contributed by atoms with van der Waals surface area (Å²) in [5.74, 6) is 1.40. The third-order valence-corrected chi connectivity index (χ3v) is 3.25. The van der Waals surface area contributed by atoms with Crippen LogP contribution in [0.1, 0.15) is 22.8 Å². The number of nitrogens with zero attached hydrogens (tertiary/aromatic N) is 5. The van der Waals surface area contributed by atoms with Crippen LogP contribution < -0.4 is 5.32 Å². The predicted octanol–water partition coefficient (Wildman–Crippen LogP) is 2.59. The fraction of sp³-hybridized carbons (Fsp3) is 0.250. The molecule has 0 saturated heterocycles. The van der Waals surface area contributed by atoms with Gasteiger partial charge in [-0.25, -0.2) is 9.67 Å². The number of rotatable bonds is 4. The number of anilines is 1. The van der Waals surface area contributed by atoms with Gasteiger partial charge in [0.1, 0.15) is 5.82 Å². The topological polar surface area (TPSA) is 68.5 Å². The van der Waals surface area contributed by atoms with Crippen molar-refractivity contribution in [3.05, 3.63) is 59.4 Å². The van der Waals surface area contributed by atoms with Gasteiger partial charge in [0, 0.05) is 11.4 Å². The van der Waals surface area contributed by atoms with Crippen molar-refractivity contribution in [2.24, 2.45) is 0 Å². The van der Waals surface area contributed by atoms with E-state index in [1.165, 1.54) is 0 Å². The lowest BCUT2D eigenvalue weighted by molar-refractivity contribution is 0.798. The van der Waals surface area contributed by atoms with Gasteiger partial charge in [0.2, 0.25) is 0 Å². The van der Waals surface area contributed by atoms with Crippen molar-refractivity contribution in [1.82, 2.24) is 24.7 Å². The van der Waals surface area contributed by atoms with Gasteiger partial charge in [0.05, 0.1) is 30.3 Å². The molecule has 3 rings (SSSR count). The first-order valence-corrected chi connectivity index (χ1v) is 7.14. The fourth-order valence-corrected chi connectivity index (χ4v) is 2.28. The van der Waals surface area contributed by atoms with Gasteiger partial charge in [-0.1, -0.05) is 6.07 Å². The average Bonchev–Trinajstić information content (AvgIpc) is 2.84. The molecule has 0 saturated carbocycles. The summed E-state index contributed by atoms with van der Waals surface area (Å²) in [6.45, 7) is 6.55. The number of aromatic nitrogens is 5. The summed E-state index contributed by atoms with van der Waals surface area (Å²) < 4.78 is 1.79. The summed E-state index contributed by atoms with van der Waals surface area (Å²) in [4.78, 5) is 13.2. The molecule has 0 aromatic carbocycles. The zero-order valence-corrected chi connectivity index (χ0v) is 12.9. The molecule has 112 valence electrons. The molecule has 0 aliphatic heterocycles. The summed E-state index contributed by atoms with van der Waals surface area (Å²) in [7, 11) is 0. The molecule has 0 radical (unpaired) electrons. The second-order valence-electron chi connectivity index (χ2n) is 5.23. The molecule has 0 aliphatic carbocycles. The Morgan fingerprint density at radius 3 is 2.64 bits per heavy atom. The van der Waals surface area contributed by atoms with E-state index in [9.17, 15) is 0 Å². The normalized spacial score (nSPS) is 10.7. The fourth-order valence-electron chi connectivity index (χ4n) is 2.28. The quantitative estimate of drug-likeness (QED) is 0.801. The molecule has 0 atom stereocenters. The van der Waals surface area contributed by atoms with Crippen LogP contribution in [0.15, 0.2) is 36.7 Å². The molecule has 3 heterocycles. The van der Waals surface area contributed by atoms with Gasteiger partial charge >= 0.3 is 0 Å². The van der Waals surface area contributed by atoms with E-state index in [2.05, 4.69) is 25.4 Å². The highest BCUT2D eigenvalue weighted by Crippen LogP contribution is 2.11. The first-order valence-electron chi connectivity index (χ1n) is 7.14. The second-order valence-corrected chi connectivity index (χ2v) is 5.23. The summed E-state index contributed by atoms with van der Waals surface area (Å²) in [6.07, 6.45) is 3.40. The van der Waals surface area contributed by atoms with Gasteiger partial charge in [-0.2, -0.15) is 5.10 Å². The molecule has 3 aromatic rings. The zero-order valence-electron chi connectivity index (χ0n) is 12.9. The van der Waals surface area contributed by atoms with E-state index in [-0.39, 0.29) is 0 Å². The van der Waals surface area contributed by atoms with Crippen molar-refractivity contribution in [3.63, 3.8) is 0 Å². The minimum Gasteiger partial charge on any atom is -0.363 e. The third-order valence-electron chi connectivity index (χ3n) is 3.25. The number of aryl methyl sites for hydroxylation is 3. The molecule has 0 unspecified atom stereocenters. The van der Waals surface area contributed by atoms with Crippen LogP contribution in [-0.4, -0.2) is 24.7 Å². The van der Waals surface area contributed by atoms with E-state index < -0.39 is 0 Å². The van der Waals surface area contributed by atoms with E-state index in [1.807, 2.05) is 45.0 Å². The Morgan fingerprint density at radius 2 is 1.91 bits per heavy atom. The van der Waals surface area contributed by atoms with Crippen LogP contribution in [-0.2, 0) is 6.54 Å². The van der Waals surface area contributed by atoms with E-state index in [0.29, 0.717) is 18.2 Å². The van der Waals surface area contributed by atoms with E-state index in [4.69, 9.17) is 0 Å². The third kappa shape index (κ3) is 3.11. The van der Waals surface area contributed by atoms with E-state index in [0.717, 1.165) is 22.8 Å². The Bertz CT molecular complexity index is 793. The summed E-state index contributed by atoms with van der Waals surface area (Å²) in [6, 6.07) is 7.97. The molecule has 0 fully saturated rings. The second kappa shape index (κ2) is 5.93. The van der Waals surface area contributed by atoms with Gasteiger partial charge < -0.3 is 5.32 Å². The smallest absolute Gasteiger partial charge is 0.174 e. The average molecular weight is 294 g/mol. The summed E-state index contributed by atoms with van der Waals surface area (Å²) in [5.41, 5.74) is 3.96. The first-order chi connectivity index (χ1) is 10.6. The highest BCUT2D eigenvalue weighted by molar-refractivity contribution is 5.37. The van der Waals surface area contributed by atoms with Crippen LogP contribution in [0.5, 0.6) is 0 Å². The Balaban J connectivity index is 1.78. The molecule has 0 bridgehead atoms. The minimum absolute atomic E-state index is 0.608. The van der Waals surface area contributed by atoms with Crippen molar-refractivity contribution in [2.75, 3.05) is 5.32 Å². The molecule has 6 heteroatoms. The molecule has 0 aliphatic rings.